The van der Waals surface area contributed by atoms with Gasteiger partial charge in [-0.1, -0.05) is 6.42 Å². The van der Waals surface area contributed by atoms with Crippen molar-refractivity contribution in [1.82, 2.24) is 4.90 Å². The molecule has 2 fully saturated rings. The highest BCUT2D eigenvalue weighted by Crippen LogP contribution is 2.23. The van der Waals surface area contributed by atoms with Gasteiger partial charge in [0, 0.05) is 20.2 Å². The summed E-state index contributed by atoms with van der Waals surface area (Å²) in [5.41, 5.74) is 0. The third-order valence-electron chi connectivity index (χ3n) is 3.68. The highest BCUT2D eigenvalue weighted by atomic mass is 16.6. The molecular formula is C13H23NO4. The largest absolute Gasteiger partial charge is 0.459 e. The van der Waals surface area contributed by atoms with E-state index in [1.165, 1.54) is 0 Å². The number of rotatable bonds is 4. The second kappa shape index (κ2) is 7.07. The highest BCUT2D eigenvalue weighted by Gasteiger charge is 2.28. The molecule has 0 bridgehead atoms. The number of carbonyl (C=O) groups is 1. The van der Waals surface area contributed by atoms with E-state index in [2.05, 4.69) is 4.90 Å². The van der Waals surface area contributed by atoms with Crippen molar-refractivity contribution in [2.24, 2.45) is 0 Å². The first-order chi connectivity index (χ1) is 8.79. The quantitative estimate of drug-likeness (QED) is 0.698. The smallest absolute Gasteiger partial charge is 0.320 e. The average molecular weight is 257 g/mol. The molecule has 1 aliphatic heterocycles. The van der Waals surface area contributed by atoms with Gasteiger partial charge in [0.25, 0.3) is 0 Å². The molecule has 18 heavy (non-hydrogen) atoms. The van der Waals surface area contributed by atoms with Crippen LogP contribution in [0.25, 0.3) is 0 Å². The number of esters is 1. The van der Waals surface area contributed by atoms with Crippen molar-refractivity contribution in [2.45, 2.75) is 37.9 Å². The van der Waals surface area contributed by atoms with Crippen molar-refractivity contribution in [1.29, 1.82) is 0 Å². The zero-order chi connectivity index (χ0) is 12.8. The molecule has 1 heterocycles. The Morgan fingerprint density at radius 2 is 1.89 bits per heavy atom. The maximum absolute atomic E-state index is 11.9. The van der Waals surface area contributed by atoms with Gasteiger partial charge in [-0.05, 0) is 19.3 Å². The SMILES string of the molecule is CO[C@@H]1CCCC[C@@H]1OC(=O)CN1CCOCC1. The van der Waals surface area contributed by atoms with Crippen molar-refractivity contribution in [3.05, 3.63) is 0 Å². The van der Waals surface area contributed by atoms with Gasteiger partial charge >= 0.3 is 5.97 Å². The average Bonchev–Trinajstić information content (AvgIpc) is 2.40. The predicted octanol–water partition coefficient (Wildman–Crippen LogP) is 0.819. The lowest BCUT2D eigenvalue weighted by Gasteiger charge is -2.31. The predicted molar refractivity (Wildman–Crippen MR) is 66.4 cm³/mol. The van der Waals surface area contributed by atoms with Crippen LogP contribution in [0.15, 0.2) is 0 Å². The summed E-state index contributed by atoms with van der Waals surface area (Å²) in [7, 11) is 1.69. The monoisotopic (exact) mass is 257 g/mol. The van der Waals surface area contributed by atoms with Gasteiger partial charge in [-0.2, -0.15) is 0 Å². The summed E-state index contributed by atoms with van der Waals surface area (Å²) in [6.45, 7) is 3.41. The molecule has 5 heteroatoms. The minimum absolute atomic E-state index is 0.0581. The Hall–Kier alpha value is -0.650. The van der Waals surface area contributed by atoms with Crippen molar-refractivity contribution in [3.8, 4) is 0 Å². The van der Waals surface area contributed by atoms with Crippen LogP contribution in [0.2, 0.25) is 0 Å². The summed E-state index contributed by atoms with van der Waals surface area (Å²) in [4.78, 5) is 14.0. The second-order valence-electron chi connectivity index (χ2n) is 4.98. The number of hydrogen-bond donors (Lipinski definition) is 0. The minimum atomic E-state index is -0.133. The Kier molecular flexibility index (Phi) is 5.41. The van der Waals surface area contributed by atoms with Crippen LogP contribution >= 0.6 is 0 Å². The first kappa shape index (κ1) is 13.8. The molecule has 0 spiro atoms. The third kappa shape index (κ3) is 3.93. The van der Waals surface area contributed by atoms with E-state index in [0.717, 1.165) is 38.8 Å². The van der Waals surface area contributed by atoms with Crippen molar-refractivity contribution >= 4 is 5.97 Å². The molecule has 1 saturated carbocycles. The van der Waals surface area contributed by atoms with E-state index in [1.807, 2.05) is 0 Å². The number of morpholine rings is 1. The van der Waals surface area contributed by atoms with E-state index in [1.54, 1.807) is 7.11 Å². The van der Waals surface area contributed by atoms with Gasteiger partial charge in [-0.15, -0.1) is 0 Å². The zero-order valence-electron chi connectivity index (χ0n) is 11.1. The van der Waals surface area contributed by atoms with Gasteiger partial charge in [-0.25, -0.2) is 0 Å². The molecule has 0 amide bonds. The molecule has 0 unspecified atom stereocenters. The first-order valence-electron chi connectivity index (χ1n) is 6.82. The molecule has 2 rings (SSSR count). The van der Waals surface area contributed by atoms with Gasteiger partial charge in [0.05, 0.1) is 25.9 Å². The van der Waals surface area contributed by atoms with Gasteiger partial charge in [0.1, 0.15) is 6.10 Å². The van der Waals surface area contributed by atoms with Crippen LogP contribution in [-0.2, 0) is 19.0 Å². The zero-order valence-corrected chi connectivity index (χ0v) is 11.1. The lowest BCUT2D eigenvalue weighted by Crippen LogP contribution is -2.42. The standard InChI is InChI=1S/C13H23NO4/c1-16-11-4-2-3-5-12(11)18-13(15)10-14-6-8-17-9-7-14/h11-12H,2-10H2,1H3/t11-,12+/m1/s1. The maximum Gasteiger partial charge on any atom is 0.320 e. The molecular weight excluding hydrogens is 234 g/mol. The molecule has 2 aliphatic rings. The molecule has 1 aliphatic carbocycles. The van der Waals surface area contributed by atoms with E-state index >= 15 is 0 Å². The normalized spacial score (nSPS) is 30.1. The van der Waals surface area contributed by atoms with Crippen LogP contribution in [-0.4, -0.2) is 63.0 Å². The van der Waals surface area contributed by atoms with Gasteiger partial charge in [0.2, 0.25) is 0 Å². The van der Waals surface area contributed by atoms with E-state index in [9.17, 15) is 4.79 Å². The fourth-order valence-corrected chi connectivity index (χ4v) is 2.62. The first-order valence-corrected chi connectivity index (χ1v) is 6.82. The molecule has 5 nitrogen and oxygen atoms in total. The van der Waals surface area contributed by atoms with Crippen molar-refractivity contribution in [3.63, 3.8) is 0 Å². The summed E-state index contributed by atoms with van der Waals surface area (Å²) >= 11 is 0. The third-order valence-corrected chi connectivity index (χ3v) is 3.68. The fraction of sp³-hybridized carbons (Fsp3) is 0.923. The Labute approximate surface area is 108 Å². The lowest BCUT2D eigenvalue weighted by molar-refractivity contribution is -0.161. The Balaban J connectivity index is 1.75. The van der Waals surface area contributed by atoms with Crippen LogP contribution in [0.1, 0.15) is 25.7 Å². The van der Waals surface area contributed by atoms with Crippen molar-refractivity contribution in [2.75, 3.05) is 40.0 Å². The highest BCUT2D eigenvalue weighted by molar-refractivity contribution is 5.72. The topological polar surface area (TPSA) is 48.0 Å². The van der Waals surface area contributed by atoms with E-state index in [0.29, 0.717) is 19.8 Å². The second-order valence-corrected chi connectivity index (χ2v) is 4.98. The van der Waals surface area contributed by atoms with E-state index in [4.69, 9.17) is 14.2 Å². The Morgan fingerprint density at radius 3 is 2.56 bits per heavy atom. The molecule has 104 valence electrons. The molecule has 0 aromatic carbocycles. The summed E-state index contributed by atoms with van der Waals surface area (Å²) in [6.07, 6.45) is 4.22. The number of hydrogen-bond acceptors (Lipinski definition) is 5. The van der Waals surface area contributed by atoms with Crippen LogP contribution in [0, 0.1) is 0 Å². The lowest BCUT2D eigenvalue weighted by atomic mass is 9.94. The fourth-order valence-electron chi connectivity index (χ4n) is 2.62. The van der Waals surface area contributed by atoms with Gasteiger partial charge < -0.3 is 14.2 Å². The molecule has 0 N–H and O–H groups in total. The minimum Gasteiger partial charge on any atom is -0.459 e. The van der Waals surface area contributed by atoms with Crippen LogP contribution in [0.5, 0.6) is 0 Å². The summed E-state index contributed by atoms with van der Waals surface area (Å²) < 4.78 is 16.2. The Bertz CT molecular complexity index is 266. The molecule has 0 aromatic rings. The van der Waals surface area contributed by atoms with Crippen LogP contribution in [0.3, 0.4) is 0 Å². The molecule has 2 atom stereocenters. The van der Waals surface area contributed by atoms with Gasteiger partial charge in [0.15, 0.2) is 0 Å². The molecule has 0 aromatic heterocycles. The van der Waals surface area contributed by atoms with Crippen molar-refractivity contribution < 1.29 is 19.0 Å². The number of ether oxygens (including phenoxy) is 3. The van der Waals surface area contributed by atoms with Crippen LogP contribution < -0.4 is 0 Å². The Morgan fingerprint density at radius 1 is 1.22 bits per heavy atom. The van der Waals surface area contributed by atoms with E-state index in [-0.39, 0.29) is 18.2 Å². The van der Waals surface area contributed by atoms with Crippen LogP contribution in [0.4, 0.5) is 0 Å². The number of carbonyl (C=O) groups excluding carboxylic acids is 1. The van der Waals surface area contributed by atoms with Gasteiger partial charge in [-0.3, -0.25) is 9.69 Å². The summed E-state index contributed by atoms with van der Waals surface area (Å²) in [5.74, 6) is -0.133. The number of methoxy groups -OCH3 is 1. The molecule has 0 radical (unpaired) electrons. The number of nitrogens with zero attached hydrogens (tertiary/aromatic N) is 1. The molecule has 1 saturated heterocycles. The van der Waals surface area contributed by atoms with E-state index < -0.39 is 0 Å². The summed E-state index contributed by atoms with van der Waals surface area (Å²) in [6, 6.07) is 0. The maximum atomic E-state index is 11.9. The summed E-state index contributed by atoms with van der Waals surface area (Å²) in [5, 5.41) is 0.